The van der Waals surface area contributed by atoms with Gasteiger partial charge in [0, 0.05) is 18.8 Å². The maximum atomic E-state index is 12.3. The highest BCUT2D eigenvalue weighted by atomic mass is 79.9. The first-order chi connectivity index (χ1) is 12.7. The monoisotopic (exact) mass is 439 g/mol. The third-order valence-electron chi connectivity index (χ3n) is 7.43. The molecule has 3 aliphatic carbocycles. The third kappa shape index (κ3) is 3.48. The van der Waals surface area contributed by atoms with Crippen LogP contribution in [0.3, 0.4) is 0 Å². The molecule has 0 aromatic heterocycles. The lowest BCUT2D eigenvalue weighted by Crippen LogP contribution is -3.12. The molecule has 0 saturated heterocycles. The lowest BCUT2D eigenvalue weighted by molar-refractivity contribution is -0.876. The molecule has 3 saturated carbocycles. The van der Waals surface area contributed by atoms with Gasteiger partial charge in [0.2, 0.25) is 0 Å². The van der Waals surface area contributed by atoms with Crippen molar-refractivity contribution in [2.45, 2.75) is 45.3 Å². The lowest BCUT2D eigenvalue weighted by atomic mass is 9.43. The molecule has 2 bridgehead atoms. The maximum absolute atomic E-state index is 12.3. The number of carbonyl (C=O) groups excluding carboxylic acids is 1. The van der Waals surface area contributed by atoms with Crippen LogP contribution in [0.1, 0.15) is 33.6 Å². The van der Waals surface area contributed by atoms with Crippen LogP contribution < -0.4 is 20.9 Å². The summed E-state index contributed by atoms with van der Waals surface area (Å²) in [5.41, 5.74) is 1.66. The van der Waals surface area contributed by atoms with E-state index in [1.807, 2.05) is 13.0 Å². The van der Waals surface area contributed by atoms with Gasteiger partial charge >= 0.3 is 0 Å². The van der Waals surface area contributed by atoms with E-state index in [0.29, 0.717) is 18.4 Å². The number of rotatable bonds is 5. The molecule has 3 fully saturated rings. The van der Waals surface area contributed by atoms with Gasteiger partial charge < -0.3 is 26.0 Å². The van der Waals surface area contributed by atoms with Crippen LogP contribution in [-0.4, -0.2) is 55.4 Å². The van der Waals surface area contributed by atoms with Crippen LogP contribution in [0, 0.1) is 17.3 Å². The van der Waals surface area contributed by atoms with Gasteiger partial charge in [0.05, 0.1) is 21.8 Å². The molecule has 0 spiro atoms. The number of fused-ring (bicyclic) bond motifs is 2. The molecule has 7 heteroatoms. The van der Waals surface area contributed by atoms with Gasteiger partial charge in [-0.1, -0.05) is 13.8 Å². The quantitative estimate of drug-likeness (QED) is 0.413. The highest BCUT2D eigenvalue weighted by Crippen LogP contribution is 2.62. The second-order valence-electron chi connectivity index (χ2n) is 9.54. The Bertz CT molecular complexity index is 700. The van der Waals surface area contributed by atoms with Crippen molar-refractivity contribution < 1.29 is 14.8 Å². The highest BCUT2D eigenvalue weighted by molar-refractivity contribution is 9.11. The van der Waals surface area contributed by atoms with Gasteiger partial charge in [-0.05, 0) is 59.0 Å². The molecule has 5 N–H and O–H groups in total. The molecule has 27 heavy (non-hydrogen) atoms. The Morgan fingerprint density at radius 2 is 2.15 bits per heavy atom. The molecule has 5 unspecified atom stereocenters. The van der Waals surface area contributed by atoms with Crippen molar-refractivity contribution in [3.63, 3.8) is 0 Å². The Kier molecular flexibility index (Phi) is 4.94. The number of halogens is 1. The van der Waals surface area contributed by atoms with Crippen LogP contribution in [0.25, 0.3) is 0 Å². The van der Waals surface area contributed by atoms with E-state index in [2.05, 4.69) is 45.7 Å². The van der Waals surface area contributed by atoms with E-state index in [1.165, 1.54) is 4.90 Å². The van der Waals surface area contributed by atoms with Crippen molar-refractivity contribution in [3.8, 4) is 0 Å². The first-order valence-electron chi connectivity index (χ1n) is 10.1. The number of carbonyl (C=O) groups is 1. The average molecular weight is 440 g/mol. The summed E-state index contributed by atoms with van der Waals surface area (Å²) in [7, 11) is 0. The number of quaternary nitrogens is 1. The van der Waals surface area contributed by atoms with E-state index in [1.54, 1.807) is 0 Å². The summed E-state index contributed by atoms with van der Waals surface area (Å²) in [5, 5.41) is 21.0. The number of hydrogen-bond donors (Lipinski definition) is 5. The van der Waals surface area contributed by atoms with Gasteiger partial charge in [-0.3, -0.25) is 4.79 Å². The summed E-state index contributed by atoms with van der Waals surface area (Å²) >= 11 is 3.70. The summed E-state index contributed by atoms with van der Waals surface area (Å²) < 4.78 is 1.13. The first-order valence-corrected chi connectivity index (χ1v) is 10.9. The van der Waals surface area contributed by atoms with Gasteiger partial charge in [-0.15, -0.1) is 0 Å². The Hall–Kier alpha value is -0.890. The van der Waals surface area contributed by atoms with E-state index in [0.717, 1.165) is 54.9 Å². The van der Waals surface area contributed by atoms with Crippen molar-refractivity contribution in [2.75, 3.05) is 32.7 Å². The fourth-order valence-corrected chi connectivity index (χ4v) is 6.25. The normalized spacial score (nSPS) is 39.8. The summed E-state index contributed by atoms with van der Waals surface area (Å²) in [5.74, 6) is 1.10. The molecule has 150 valence electrons. The van der Waals surface area contributed by atoms with E-state index >= 15 is 0 Å². The third-order valence-corrected chi connectivity index (χ3v) is 8.19. The topological polar surface area (TPSA) is 77.8 Å². The summed E-state index contributed by atoms with van der Waals surface area (Å²) in [6.07, 6.45) is 4.17. The fourth-order valence-electron chi connectivity index (χ4n) is 5.60. The van der Waals surface area contributed by atoms with E-state index < -0.39 is 5.60 Å². The maximum Gasteiger partial charge on any atom is 0.279 e. The zero-order valence-electron chi connectivity index (χ0n) is 16.5. The zero-order valence-corrected chi connectivity index (χ0v) is 18.1. The molecule has 0 aromatic rings. The number of nitrogens with one attached hydrogen (secondary N) is 4. The minimum Gasteiger partial charge on any atom is -0.388 e. The molecule has 5 aliphatic rings. The highest BCUT2D eigenvalue weighted by Gasteiger charge is 2.63. The minimum absolute atomic E-state index is 0.0640. The molecule has 2 aliphatic heterocycles. The van der Waals surface area contributed by atoms with Crippen LogP contribution in [0.4, 0.5) is 0 Å². The summed E-state index contributed by atoms with van der Waals surface area (Å²) in [6.45, 7) is 10.2. The van der Waals surface area contributed by atoms with Crippen molar-refractivity contribution in [1.82, 2.24) is 16.0 Å². The number of amides is 1. The Morgan fingerprint density at radius 3 is 2.78 bits per heavy atom. The Balaban J connectivity index is 1.32. The number of hydrogen-bond acceptors (Lipinski definition) is 4. The lowest BCUT2D eigenvalue weighted by Gasteiger charge is -2.65. The standard InChI is InChI=1S/C20H31BrN4O2/c1-19(2)12-6-16(19)20(3,27)17(7-12)24-15-10-25(9-14(15)21)11-18(26)23-13-4-5-22-8-13/h4,12,16-17,22,24,27H,5-11H2,1-3H3,(H,23,26)/p+1. The molecule has 6 nitrogen and oxygen atoms in total. The van der Waals surface area contributed by atoms with Gasteiger partial charge in [0.15, 0.2) is 6.54 Å². The molecule has 1 amide bonds. The number of aliphatic hydroxyl groups is 1. The van der Waals surface area contributed by atoms with Crippen molar-refractivity contribution >= 4 is 21.8 Å². The SMILES string of the molecule is CC1(C)C2CC(NC3=C(Br)C[NH+](CC(=O)NC4=CCNC4)C3)C(C)(O)C1C2. The second kappa shape index (κ2) is 6.87. The zero-order chi connectivity index (χ0) is 19.4. The van der Waals surface area contributed by atoms with Crippen molar-refractivity contribution in [2.24, 2.45) is 17.3 Å². The van der Waals surface area contributed by atoms with E-state index in [9.17, 15) is 9.90 Å². The van der Waals surface area contributed by atoms with Crippen LogP contribution in [0.2, 0.25) is 0 Å². The van der Waals surface area contributed by atoms with Crippen molar-refractivity contribution in [1.29, 1.82) is 0 Å². The van der Waals surface area contributed by atoms with E-state index in [4.69, 9.17) is 0 Å². The van der Waals surface area contributed by atoms with Gasteiger partial charge in [0.1, 0.15) is 13.1 Å². The largest absolute Gasteiger partial charge is 0.388 e. The van der Waals surface area contributed by atoms with E-state index in [-0.39, 0.29) is 17.4 Å². The van der Waals surface area contributed by atoms with Crippen LogP contribution in [0.5, 0.6) is 0 Å². The molecule has 5 atom stereocenters. The summed E-state index contributed by atoms with van der Waals surface area (Å²) in [6, 6.07) is 0.0831. The molecule has 0 radical (unpaired) electrons. The predicted molar refractivity (Wildman–Crippen MR) is 108 cm³/mol. The minimum atomic E-state index is -0.694. The Labute approximate surface area is 170 Å². The van der Waals surface area contributed by atoms with Gasteiger partial charge in [-0.25, -0.2) is 0 Å². The summed E-state index contributed by atoms with van der Waals surface area (Å²) in [4.78, 5) is 13.5. The molecular weight excluding hydrogens is 408 g/mol. The van der Waals surface area contributed by atoms with Crippen LogP contribution in [-0.2, 0) is 4.79 Å². The van der Waals surface area contributed by atoms with Gasteiger partial charge in [0.25, 0.3) is 5.91 Å². The average Bonchev–Trinajstić information content (AvgIpc) is 3.18. The first kappa shape index (κ1) is 19.4. The predicted octanol–water partition coefficient (Wildman–Crippen LogP) is -0.130. The smallest absolute Gasteiger partial charge is 0.279 e. The molecule has 5 rings (SSSR count). The van der Waals surface area contributed by atoms with Crippen LogP contribution >= 0.6 is 15.9 Å². The Morgan fingerprint density at radius 1 is 1.37 bits per heavy atom. The molecular formula is C20H32BrN4O2+. The molecule has 2 heterocycles. The van der Waals surface area contributed by atoms with Crippen molar-refractivity contribution in [3.05, 3.63) is 22.0 Å². The van der Waals surface area contributed by atoms with Crippen LogP contribution in [0.15, 0.2) is 22.0 Å². The van der Waals surface area contributed by atoms with Gasteiger partial charge in [-0.2, -0.15) is 0 Å². The molecule has 0 aromatic carbocycles. The second-order valence-corrected chi connectivity index (χ2v) is 10.5. The fraction of sp³-hybridized carbons (Fsp3) is 0.750.